The number of halogens is 1. The molecule has 0 spiro atoms. The number of sulfonamides is 2. The Hall–Kier alpha value is -0.780. The minimum atomic E-state index is -3.89. The molecule has 11 heteroatoms. The zero-order valence-corrected chi connectivity index (χ0v) is 13.2. The molecule has 0 amide bonds. The molecule has 5 N–H and O–H groups in total. The standard InChI is InChI=1S/C9H12ClN3O4S3/c10-8-5-6(1-2-7(8)9(11)18)20(16,17)13-3-4-19(12,14)15/h1-2,5,13H,3-4H2,(H2,11,18)(H2,12,14,15). The van der Waals surface area contributed by atoms with Gasteiger partial charge in [-0.2, -0.15) is 0 Å². The number of primary sulfonamides is 1. The summed E-state index contributed by atoms with van der Waals surface area (Å²) in [5.74, 6) is -0.509. The SMILES string of the molecule is NC(=S)c1ccc(S(=O)(=O)NCCS(N)(=O)=O)cc1Cl. The minimum Gasteiger partial charge on any atom is -0.389 e. The number of thiocarbonyl (C=S) groups is 1. The second-order valence-corrected chi connectivity index (χ2v) is 8.12. The summed E-state index contributed by atoms with van der Waals surface area (Å²) >= 11 is 10.6. The van der Waals surface area contributed by atoms with Gasteiger partial charge in [0.1, 0.15) is 4.99 Å². The van der Waals surface area contributed by atoms with Crippen LogP contribution >= 0.6 is 23.8 Å². The lowest BCUT2D eigenvalue weighted by molar-refractivity contribution is 0.581. The van der Waals surface area contributed by atoms with Gasteiger partial charge in [0.2, 0.25) is 20.0 Å². The molecule has 20 heavy (non-hydrogen) atoms. The van der Waals surface area contributed by atoms with E-state index in [1.807, 2.05) is 0 Å². The molecular formula is C9H12ClN3O4S3. The summed E-state index contributed by atoms with van der Waals surface area (Å²) in [6.07, 6.45) is 0. The molecule has 0 aliphatic carbocycles. The van der Waals surface area contributed by atoms with E-state index in [4.69, 9.17) is 34.7 Å². The van der Waals surface area contributed by atoms with Crippen LogP contribution in [0.3, 0.4) is 0 Å². The largest absolute Gasteiger partial charge is 0.389 e. The van der Waals surface area contributed by atoms with Gasteiger partial charge in [0.05, 0.1) is 15.7 Å². The zero-order chi connectivity index (χ0) is 15.6. The minimum absolute atomic E-state index is 0.0427. The lowest BCUT2D eigenvalue weighted by atomic mass is 10.2. The summed E-state index contributed by atoms with van der Waals surface area (Å²) in [5, 5.41) is 4.86. The monoisotopic (exact) mass is 357 g/mol. The van der Waals surface area contributed by atoms with E-state index in [-0.39, 0.29) is 21.5 Å². The van der Waals surface area contributed by atoms with Gasteiger partial charge >= 0.3 is 0 Å². The Morgan fingerprint density at radius 1 is 1.30 bits per heavy atom. The number of nitrogens with one attached hydrogen (secondary N) is 1. The highest BCUT2D eigenvalue weighted by atomic mass is 35.5. The van der Waals surface area contributed by atoms with Crippen molar-refractivity contribution in [1.29, 1.82) is 0 Å². The molecule has 1 aromatic carbocycles. The van der Waals surface area contributed by atoms with Gasteiger partial charge in [0.25, 0.3) is 0 Å². The second kappa shape index (κ2) is 6.33. The Kier molecular flexibility index (Phi) is 5.46. The third kappa shape index (κ3) is 4.96. The van der Waals surface area contributed by atoms with Crippen LogP contribution in [-0.4, -0.2) is 34.1 Å². The van der Waals surface area contributed by atoms with Gasteiger partial charge < -0.3 is 5.73 Å². The van der Waals surface area contributed by atoms with Crippen molar-refractivity contribution in [1.82, 2.24) is 4.72 Å². The summed E-state index contributed by atoms with van der Waals surface area (Å²) in [7, 11) is -7.63. The highest BCUT2D eigenvalue weighted by molar-refractivity contribution is 7.90. The number of hydrogen-bond donors (Lipinski definition) is 3. The van der Waals surface area contributed by atoms with Crippen molar-refractivity contribution in [2.45, 2.75) is 4.90 Å². The Labute approximate surface area is 127 Å². The van der Waals surface area contributed by atoms with Gasteiger partial charge in [-0.15, -0.1) is 0 Å². The lowest BCUT2D eigenvalue weighted by Gasteiger charge is -2.08. The van der Waals surface area contributed by atoms with Crippen molar-refractivity contribution >= 4 is 48.9 Å². The second-order valence-electron chi connectivity index (χ2n) is 3.77. The molecule has 1 aromatic rings. The van der Waals surface area contributed by atoms with Crippen molar-refractivity contribution in [3.63, 3.8) is 0 Å². The van der Waals surface area contributed by atoms with Crippen molar-refractivity contribution in [3.05, 3.63) is 28.8 Å². The molecule has 0 bridgehead atoms. The highest BCUT2D eigenvalue weighted by Crippen LogP contribution is 2.20. The molecule has 112 valence electrons. The fraction of sp³-hybridized carbons (Fsp3) is 0.222. The first-order chi connectivity index (χ1) is 9.03. The Balaban J connectivity index is 2.94. The van der Waals surface area contributed by atoms with E-state index in [2.05, 4.69) is 4.72 Å². The smallest absolute Gasteiger partial charge is 0.240 e. The topological polar surface area (TPSA) is 132 Å². The van der Waals surface area contributed by atoms with Crippen molar-refractivity contribution in [2.24, 2.45) is 10.9 Å². The summed E-state index contributed by atoms with van der Waals surface area (Å²) in [4.78, 5) is -0.0851. The Morgan fingerprint density at radius 2 is 1.90 bits per heavy atom. The number of benzene rings is 1. The Bertz CT molecular complexity index is 731. The highest BCUT2D eigenvalue weighted by Gasteiger charge is 2.16. The van der Waals surface area contributed by atoms with E-state index in [0.29, 0.717) is 5.56 Å². The molecule has 1 rings (SSSR count). The molecule has 0 saturated heterocycles. The van der Waals surface area contributed by atoms with Crippen LogP contribution in [0.25, 0.3) is 0 Å². The molecule has 0 atom stereocenters. The molecule has 0 unspecified atom stereocenters. The fourth-order valence-corrected chi connectivity index (χ4v) is 3.42. The van der Waals surface area contributed by atoms with Crippen LogP contribution < -0.4 is 15.6 Å². The van der Waals surface area contributed by atoms with E-state index in [1.165, 1.54) is 18.2 Å². The lowest BCUT2D eigenvalue weighted by Crippen LogP contribution is -2.31. The van der Waals surface area contributed by atoms with Crippen LogP contribution in [0, 0.1) is 0 Å². The normalized spacial score (nSPS) is 12.3. The van der Waals surface area contributed by atoms with Crippen LogP contribution in [0.5, 0.6) is 0 Å². The quantitative estimate of drug-likeness (QED) is 0.590. The van der Waals surface area contributed by atoms with Crippen LogP contribution in [0.15, 0.2) is 23.1 Å². The van der Waals surface area contributed by atoms with Gasteiger partial charge in [-0.1, -0.05) is 23.8 Å². The molecule has 0 heterocycles. The predicted molar refractivity (Wildman–Crippen MR) is 80.5 cm³/mol. The van der Waals surface area contributed by atoms with E-state index in [0.717, 1.165) is 0 Å². The van der Waals surface area contributed by atoms with Crippen LogP contribution in [0.2, 0.25) is 5.02 Å². The van der Waals surface area contributed by atoms with Crippen LogP contribution in [-0.2, 0) is 20.0 Å². The first-order valence-electron chi connectivity index (χ1n) is 5.12. The van der Waals surface area contributed by atoms with Gasteiger partial charge in [-0.3, -0.25) is 0 Å². The molecular weight excluding hydrogens is 346 g/mol. The summed E-state index contributed by atoms with van der Waals surface area (Å²) in [6.45, 7) is -0.337. The average Bonchev–Trinajstić information content (AvgIpc) is 2.26. The summed E-state index contributed by atoms with van der Waals surface area (Å²) in [6, 6.07) is 3.81. The summed E-state index contributed by atoms with van der Waals surface area (Å²) in [5.41, 5.74) is 5.76. The van der Waals surface area contributed by atoms with E-state index in [9.17, 15) is 16.8 Å². The first kappa shape index (κ1) is 17.3. The van der Waals surface area contributed by atoms with E-state index in [1.54, 1.807) is 0 Å². The molecule has 0 saturated carbocycles. The maximum absolute atomic E-state index is 11.9. The molecule has 0 aliphatic heterocycles. The third-order valence-corrected chi connectivity index (χ3v) is 4.96. The molecule has 0 fully saturated rings. The van der Waals surface area contributed by atoms with Gasteiger partial charge in [-0.05, 0) is 18.2 Å². The summed E-state index contributed by atoms with van der Waals surface area (Å²) < 4.78 is 47.3. The van der Waals surface area contributed by atoms with Gasteiger partial charge in [0, 0.05) is 12.1 Å². The maximum atomic E-state index is 11.9. The fourth-order valence-electron chi connectivity index (χ4n) is 1.26. The molecule has 0 radical (unpaired) electrons. The van der Waals surface area contributed by atoms with Crippen molar-refractivity contribution in [2.75, 3.05) is 12.3 Å². The zero-order valence-electron chi connectivity index (χ0n) is 10.0. The van der Waals surface area contributed by atoms with Gasteiger partial charge in [-0.25, -0.2) is 26.7 Å². The van der Waals surface area contributed by atoms with Crippen molar-refractivity contribution < 1.29 is 16.8 Å². The Morgan fingerprint density at radius 3 is 2.35 bits per heavy atom. The average molecular weight is 358 g/mol. The first-order valence-corrected chi connectivity index (χ1v) is 9.11. The molecule has 7 nitrogen and oxygen atoms in total. The molecule has 0 aromatic heterocycles. The van der Waals surface area contributed by atoms with Crippen LogP contribution in [0.1, 0.15) is 5.56 Å². The number of rotatable bonds is 6. The van der Waals surface area contributed by atoms with E-state index < -0.39 is 25.8 Å². The van der Waals surface area contributed by atoms with Crippen LogP contribution in [0.4, 0.5) is 0 Å². The maximum Gasteiger partial charge on any atom is 0.240 e. The number of hydrogen-bond acceptors (Lipinski definition) is 5. The predicted octanol–water partition coefficient (Wildman–Crippen LogP) is -0.459. The third-order valence-electron chi connectivity index (χ3n) is 2.19. The number of nitrogens with two attached hydrogens (primary N) is 2. The van der Waals surface area contributed by atoms with Gasteiger partial charge in [0.15, 0.2) is 0 Å². The molecule has 0 aliphatic rings. The van der Waals surface area contributed by atoms with Crippen molar-refractivity contribution in [3.8, 4) is 0 Å². The van der Waals surface area contributed by atoms with E-state index >= 15 is 0 Å².